The highest BCUT2D eigenvalue weighted by Crippen LogP contribution is 2.30. The fraction of sp³-hybridized carbons (Fsp3) is 0.250. The van der Waals surface area contributed by atoms with E-state index in [1.54, 1.807) is 12.1 Å². The lowest BCUT2D eigenvalue weighted by Gasteiger charge is -2.25. The van der Waals surface area contributed by atoms with Gasteiger partial charge in [0, 0.05) is 15.0 Å². The average molecular weight is 417 g/mol. The minimum atomic E-state index is -0.410. The van der Waals surface area contributed by atoms with Crippen LogP contribution in [0.2, 0.25) is 0 Å². The molecule has 2 N–H and O–H groups in total. The zero-order valence-corrected chi connectivity index (χ0v) is 14.7. The molecule has 2 rings (SSSR count). The zero-order valence-electron chi connectivity index (χ0n) is 11.5. The summed E-state index contributed by atoms with van der Waals surface area (Å²) in [6.07, 6.45) is 0.332. The molecule has 2 aromatic carbocycles. The Hall–Kier alpha value is -0.910. The average Bonchev–Trinajstić information content (AvgIpc) is 2.45. The lowest BCUT2D eigenvalue weighted by atomic mass is 10.0. The van der Waals surface area contributed by atoms with Crippen molar-refractivity contribution < 1.29 is 9.13 Å². The summed E-state index contributed by atoms with van der Waals surface area (Å²) in [6, 6.07) is 12.2. The second kappa shape index (κ2) is 7.38. The molecule has 2 atom stereocenters. The Morgan fingerprint density at radius 1 is 1.14 bits per heavy atom. The number of halogens is 3. The molecule has 0 amide bonds. The Kier molecular flexibility index (Phi) is 5.79. The number of rotatable bonds is 5. The topological polar surface area (TPSA) is 35.2 Å². The summed E-state index contributed by atoms with van der Waals surface area (Å²) in [5, 5.41) is 0. The van der Waals surface area contributed by atoms with Crippen LogP contribution < -0.4 is 10.5 Å². The maximum atomic E-state index is 14.0. The largest absolute Gasteiger partial charge is 0.481 e. The van der Waals surface area contributed by atoms with Gasteiger partial charge in [-0.25, -0.2) is 4.39 Å². The molecule has 2 aromatic rings. The van der Waals surface area contributed by atoms with E-state index in [0.29, 0.717) is 4.47 Å². The van der Waals surface area contributed by atoms with Gasteiger partial charge in [-0.05, 0) is 42.3 Å². The Bertz CT molecular complexity index is 621. The van der Waals surface area contributed by atoms with Crippen molar-refractivity contribution in [2.75, 3.05) is 0 Å². The van der Waals surface area contributed by atoms with Crippen LogP contribution in [0.15, 0.2) is 51.4 Å². The van der Waals surface area contributed by atoms with Crippen LogP contribution >= 0.6 is 31.9 Å². The minimum Gasteiger partial charge on any atom is -0.481 e. The van der Waals surface area contributed by atoms with Crippen molar-refractivity contribution in [3.8, 4) is 5.75 Å². The molecular formula is C16H16Br2FNO. The molecular weight excluding hydrogens is 401 g/mol. The van der Waals surface area contributed by atoms with E-state index in [9.17, 15) is 4.39 Å². The monoisotopic (exact) mass is 415 g/mol. The first-order valence-electron chi connectivity index (χ1n) is 6.64. The molecule has 2 unspecified atom stereocenters. The molecule has 0 saturated carbocycles. The Labute approximate surface area is 140 Å². The first-order chi connectivity index (χ1) is 10.0. The molecule has 0 heterocycles. The fourth-order valence-corrected chi connectivity index (χ4v) is 2.76. The molecule has 2 nitrogen and oxygen atoms in total. The molecule has 0 spiro atoms. The molecule has 0 fully saturated rings. The third kappa shape index (κ3) is 4.28. The van der Waals surface area contributed by atoms with Crippen molar-refractivity contribution in [1.29, 1.82) is 0 Å². The van der Waals surface area contributed by atoms with E-state index >= 15 is 0 Å². The first kappa shape index (κ1) is 16.5. The van der Waals surface area contributed by atoms with Gasteiger partial charge in [0.2, 0.25) is 0 Å². The smallest absolute Gasteiger partial charge is 0.166 e. The van der Waals surface area contributed by atoms with Gasteiger partial charge in [0.1, 0.15) is 6.10 Å². The van der Waals surface area contributed by atoms with Gasteiger partial charge in [-0.2, -0.15) is 0 Å². The standard InChI is InChI=1S/C16H16Br2FNO/c1-2-14(20)16(10-4-3-5-11(17)8-10)21-15-7-6-12(18)9-13(15)19/h3-9,14,16H,2,20H2,1H3. The van der Waals surface area contributed by atoms with Gasteiger partial charge in [-0.1, -0.05) is 50.9 Å². The third-order valence-electron chi connectivity index (χ3n) is 3.19. The van der Waals surface area contributed by atoms with E-state index in [2.05, 4.69) is 31.9 Å². The normalized spacial score (nSPS) is 13.8. The minimum absolute atomic E-state index is 0.201. The van der Waals surface area contributed by atoms with Gasteiger partial charge >= 0.3 is 0 Å². The Balaban J connectivity index is 2.33. The van der Waals surface area contributed by atoms with Crippen LogP contribution in [0.3, 0.4) is 0 Å². The van der Waals surface area contributed by atoms with Crippen molar-refractivity contribution in [2.24, 2.45) is 5.73 Å². The zero-order chi connectivity index (χ0) is 15.4. The molecule has 0 bridgehead atoms. The van der Waals surface area contributed by atoms with E-state index in [-0.39, 0.29) is 11.8 Å². The van der Waals surface area contributed by atoms with Crippen LogP contribution in [-0.4, -0.2) is 6.04 Å². The van der Waals surface area contributed by atoms with Crippen molar-refractivity contribution >= 4 is 31.9 Å². The molecule has 5 heteroatoms. The highest BCUT2D eigenvalue weighted by molar-refractivity contribution is 9.10. The van der Waals surface area contributed by atoms with E-state index in [4.69, 9.17) is 10.5 Å². The predicted molar refractivity (Wildman–Crippen MR) is 89.9 cm³/mol. The quantitative estimate of drug-likeness (QED) is 0.726. The Morgan fingerprint density at radius 2 is 1.86 bits per heavy atom. The lowest BCUT2D eigenvalue weighted by Crippen LogP contribution is -2.31. The van der Waals surface area contributed by atoms with Crippen LogP contribution in [0.25, 0.3) is 0 Å². The number of ether oxygens (including phenoxy) is 1. The summed E-state index contributed by atoms with van der Waals surface area (Å²) in [5.74, 6) is -0.209. The van der Waals surface area contributed by atoms with Gasteiger partial charge in [0.25, 0.3) is 0 Å². The maximum absolute atomic E-state index is 14.0. The van der Waals surface area contributed by atoms with Crippen molar-refractivity contribution in [2.45, 2.75) is 25.5 Å². The summed E-state index contributed by atoms with van der Waals surface area (Å²) >= 11 is 6.67. The van der Waals surface area contributed by atoms with E-state index in [1.807, 2.05) is 31.2 Å². The van der Waals surface area contributed by atoms with Gasteiger partial charge < -0.3 is 10.5 Å². The molecule has 0 aliphatic heterocycles. The highest BCUT2D eigenvalue weighted by atomic mass is 79.9. The molecule has 0 saturated heterocycles. The van der Waals surface area contributed by atoms with Gasteiger partial charge in [-0.3, -0.25) is 0 Å². The molecule has 0 radical (unpaired) electrons. The molecule has 0 aromatic heterocycles. The van der Waals surface area contributed by atoms with Crippen LogP contribution in [0, 0.1) is 5.82 Å². The fourth-order valence-electron chi connectivity index (χ4n) is 2.01. The van der Waals surface area contributed by atoms with Crippen LogP contribution in [0.1, 0.15) is 25.0 Å². The molecule has 21 heavy (non-hydrogen) atoms. The number of hydrogen-bond donors (Lipinski definition) is 1. The second-order valence-corrected chi connectivity index (χ2v) is 6.57. The number of hydrogen-bond acceptors (Lipinski definition) is 2. The lowest BCUT2D eigenvalue weighted by molar-refractivity contribution is 0.163. The number of benzene rings is 2. The summed E-state index contributed by atoms with van der Waals surface area (Å²) in [5.41, 5.74) is 7.07. The second-order valence-electron chi connectivity index (χ2n) is 4.74. The maximum Gasteiger partial charge on any atom is 0.166 e. The Morgan fingerprint density at radius 3 is 2.48 bits per heavy atom. The third-order valence-corrected chi connectivity index (χ3v) is 4.17. The first-order valence-corrected chi connectivity index (χ1v) is 8.22. The molecule has 112 valence electrons. The predicted octanol–water partition coefficient (Wildman–Crippen LogP) is 5.21. The van der Waals surface area contributed by atoms with Crippen LogP contribution in [-0.2, 0) is 0 Å². The van der Waals surface area contributed by atoms with Crippen molar-refractivity contribution in [3.05, 3.63) is 62.8 Å². The van der Waals surface area contributed by atoms with Crippen molar-refractivity contribution in [3.63, 3.8) is 0 Å². The molecule has 0 aliphatic carbocycles. The summed E-state index contributed by atoms with van der Waals surface area (Å²) < 4.78 is 21.4. The van der Waals surface area contributed by atoms with E-state index < -0.39 is 11.9 Å². The van der Waals surface area contributed by atoms with Crippen LogP contribution in [0.5, 0.6) is 5.75 Å². The molecule has 0 aliphatic rings. The van der Waals surface area contributed by atoms with E-state index in [1.165, 1.54) is 6.07 Å². The highest BCUT2D eigenvalue weighted by Gasteiger charge is 2.22. The summed E-state index contributed by atoms with van der Waals surface area (Å²) in [6.45, 7) is 1.98. The van der Waals surface area contributed by atoms with E-state index in [0.717, 1.165) is 16.5 Å². The van der Waals surface area contributed by atoms with Crippen molar-refractivity contribution in [1.82, 2.24) is 0 Å². The SMILES string of the molecule is CCC(N)C(Oc1ccc(Br)cc1F)c1cccc(Br)c1. The summed E-state index contributed by atoms with van der Waals surface area (Å²) in [7, 11) is 0. The number of nitrogens with two attached hydrogens (primary N) is 1. The van der Waals surface area contributed by atoms with Gasteiger partial charge in [-0.15, -0.1) is 0 Å². The van der Waals surface area contributed by atoms with Crippen LogP contribution in [0.4, 0.5) is 4.39 Å². The summed E-state index contributed by atoms with van der Waals surface area (Å²) in [4.78, 5) is 0. The van der Waals surface area contributed by atoms with Gasteiger partial charge in [0.05, 0.1) is 0 Å². The van der Waals surface area contributed by atoms with Gasteiger partial charge in [0.15, 0.2) is 11.6 Å².